The Hall–Kier alpha value is -4.43. The molecule has 0 fully saturated rings. The molecule has 8 heteroatoms. The Bertz CT molecular complexity index is 1830. The number of pyridine rings is 3. The van der Waals surface area contributed by atoms with Gasteiger partial charge < -0.3 is 9.97 Å². The van der Waals surface area contributed by atoms with Gasteiger partial charge in [-0.3, -0.25) is 14.6 Å². The average Bonchev–Trinajstić information content (AvgIpc) is 3.28. The zero-order chi connectivity index (χ0) is 23.2. The zero-order valence-electron chi connectivity index (χ0n) is 18.0. The molecular weight excluding hydrogens is 446 g/mol. The average molecular weight is 464 g/mol. The van der Waals surface area contributed by atoms with Crippen LogP contribution < -0.4 is 11.1 Å². The summed E-state index contributed by atoms with van der Waals surface area (Å²) in [6.45, 7) is 2.04. The summed E-state index contributed by atoms with van der Waals surface area (Å²) in [6, 6.07) is 20.3. The molecular formula is C26H17N5O2S. The van der Waals surface area contributed by atoms with Gasteiger partial charge in [-0.25, -0.2) is 9.97 Å². The van der Waals surface area contributed by atoms with E-state index in [1.165, 1.54) is 6.07 Å². The third-order valence-electron chi connectivity index (χ3n) is 5.59. The molecule has 2 N–H and O–H groups in total. The molecule has 1 aromatic carbocycles. The molecule has 5 heterocycles. The van der Waals surface area contributed by atoms with Gasteiger partial charge in [-0.1, -0.05) is 18.2 Å². The lowest BCUT2D eigenvalue weighted by atomic mass is 10.1. The molecule has 6 aromatic rings. The zero-order valence-corrected chi connectivity index (χ0v) is 18.8. The highest BCUT2D eigenvalue weighted by Crippen LogP contribution is 2.35. The number of thiophene rings is 1. The number of aryl methyl sites for hydroxylation is 1. The summed E-state index contributed by atoms with van der Waals surface area (Å²) in [5.41, 5.74) is 4.24. The van der Waals surface area contributed by atoms with Crippen molar-refractivity contribution < 1.29 is 0 Å². The number of hydrogen-bond acceptors (Lipinski definition) is 6. The van der Waals surface area contributed by atoms with E-state index in [0.717, 1.165) is 26.2 Å². The van der Waals surface area contributed by atoms with Crippen LogP contribution in [0.25, 0.3) is 55.2 Å². The third kappa shape index (κ3) is 3.50. The first-order chi connectivity index (χ1) is 16.5. The van der Waals surface area contributed by atoms with E-state index in [0.29, 0.717) is 33.8 Å². The number of aromatic nitrogens is 5. The van der Waals surface area contributed by atoms with Crippen molar-refractivity contribution in [1.82, 2.24) is 24.9 Å². The van der Waals surface area contributed by atoms with Gasteiger partial charge in [-0.05, 0) is 49.4 Å². The van der Waals surface area contributed by atoms with Crippen LogP contribution >= 0.6 is 11.3 Å². The normalized spacial score (nSPS) is 11.3. The van der Waals surface area contributed by atoms with Gasteiger partial charge >= 0.3 is 0 Å². The van der Waals surface area contributed by atoms with Crippen molar-refractivity contribution in [3.63, 3.8) is 0 Å². The van der Waals surface area contributed by atoms with E-state index in [9.17, 15) is 9.59 Å². The highest BCUT2D eigenvalue weighted by atomic mass is 32.1. The van der Waals surface area contributed by atoms with Gasteiger partial charge in [-0.15, -0.1) is 11.3 Å². The molecule has 7 nitrogen and oxygen atoms in total. The highest BCUT2D eigenvalue weighted by Gasteiger charge is 2.17. The number of aromatic amines is 2. The fraction of sp³-hybridized carbons (Fsp3) is 0.0385. The van der Waals surface area contributed by atoms with Gasteiger partial charge in [0.15, 0.2) is 5.65 Å². The van der Waals surface area contributed by atoms with Crippen LogP contribution in [-0.2, 0) is 0 Å². The molecule has 6 rings (SSSR count). The molecule has 0 bridgehead atoms. The molecule has 0 saturated carbocycles. The SMILES string of the molecule is Cc1ccc(-c2nc3[nH]c(=O)c(-c4cccc(=O)[nH]4)cc3nc2-c2ccc3ncccc3c2)s1. The van der Waals surface area contributed by atoms with E-state index in [1.54, 1.807) is 35.7 Å². The van der Waals surface area contributed by atoms with Crippen molar-refractivity contribution in [2.45, 2.75) is 6.92 Å². The Morgan fingerprint density at radius 1 is 0.824 bits per heavy atom. The quantitative estimate of drug-likeness (QED) is 0.387. The van der Waals surface area contributed by atoms with Gasteiger partial charge in [0.25, 0.3) is 5.56 Å². The van der Waals surface area contributed by atoms with Crippen LogP contribution in [0.3, 0.4) is 0 Å². The topological polar surface area (TPSA) is 104 Å². The molecule has 5 aromatic heterocycles. The van der Waals surface area contributed by atoms with E-state index < -0.39 is 0 Å². The molecule has 0 aliphatic rings. The second-order valence-electron chi connectivity index (χ2n) is 7.92. The van der Waals surface area contributed by atoms with Crippen LogP contribution in [0.1, 0.15) is 4.88 Å². The number of nitrogens with one attached hydrogen (secondary N) is 2. The molecule has 0 radical (unpaired) electrons. The molecule has 0 atom stereocenters. The van der Waals surface area contributed by atoms with E-state index >= 15 is 0 Å². The van der Waals surface area contributed by atoms with Crippen molar-refractivity contribution in [3.05, 3.63) is 98.5 Å². The van der Waals surface area contributed by atoms with E-state index in [-0.39, 0.29) is 11.1 Å². The van der Waals surface area contributed by atoms with Crippen LogP contribution in [0.5, 0.6) is 0 Å². The number of fused-ring (bicyclic) bond motifs is 2. The van der Waals surface area contributed by atoms with Crippen LogP contribution in [0, 0.1) is 6.92 Å². The summed E-state index contributed by atoms with van der Waals surface area (Å²) in [7, 11) is 0. The van der Waals surface area contributed by atoms with Gasteiger partial charge in [0.05, 0.1) is 27.3 Å². The summed E-state index contributed by atoms with van der Waals surface area (Å²) < 4.78 is 0. The number of nitrogens with zero attached hydrogens (tertiary/aromatic N) is 3. The summed E-state index contributed by atoms with van der Waals surface area (Å²) in [5, 5.41) is 0.999. The van der Waals surface area contributed by atoms with E-state index in [1.807, 2.05) is 49.4 Å². The van der Waals surface area contributed by atoms with Crippen LogP contribution in [0.2, 0.25) is 0 Å². The predicted molar refractivity (Wildman–Crippen MR) is 135 cm³/mol. The van der Waals surface area contributed by atoms with E-state index in [2.05, 4.69) is 15.0 Å². The summed E-state index contributed by atoms with van der Waals surface area (Å²) in [6.07, 6.45) is 1.77. The van der Waals surface area contributed by atoms with Gasteiger partial charge in [-0.2, -0.15) is 0 Å². The number of benzene rings is 1. The fourth-order valence-electron chi connectivity index (χ4n) is 3.98. The molecule has 0 aliphatic carbocycles. The highest BCUT2D eigenvalue weighted by molar-refractivity contribution is 7.15. The largest absolute Gasteiger partial charge is 0.322 e. The molecule has 0 saturated heterocycles. The van der Waals surface area contributed by atoms with Gasteiger partial charge in [0.1, 0.15) is 11.2 Å². The van der Waals surface area contributed by atoms with Crippen molar-refractivity contribution in [3.8, 4) is 33.1 Å². The van der Waals surface area contributed by atoms with Crippen molar-refractivity contribution in [2.24, 2.45) is 0 Å². The van der Waals surface area contributed by atoms with Crippen molar-refractivity contribution >= 4 is 33.4 Å². The predicted octanol–water partition coefficient (Wildman–Crippen LogP) is 4.93. The smallest absolute Gasteiger partial charge is 0.259 e. The first-order valence-corrected chi connectivity index (χ1v) is 11.4. The Balaban J connectivity index is 1.63. The van der Waals surface area contributed by atoms with Crippen molar-refractivity contribution in [1.29, 1.82) is 0 Å². The molecule has 164 valence electrons. The van der Waals surface area contributed by atoms with Crippen molar-refractivity contribution in [2.75, 3.05) is 0 Å². The first-order valence-electron chi connectivity index (χ1n) is 10.6. The Morgan fingerprint density at radius 3 is 2.56 bits per heavy atom. The molecule has 0 aliphatic heterocycles. The lowest BCUT2D eigenvalue weighted by molar-refractivity contribution is 1.17. The molecule has 0 amide bonds. The molecule has 0 unspecified atom stereocenters. The summed E-state index contributed by atoms with van der Waals surface area (Å²) >= 11 is 1.62. The maximum atomic E-state index is 12.8. The van der Waals surface area contributed by atoms with Gasteiger partial charge in [0, 0.05) is 28.1 Å². The second kappa shape index (κ2) is 7.86. The minimum absolute atomic E-state index is 0.281. The summed E-state index contributed by atoms with van der Waals surface area (Å²) in [5.74, 6) is 0. The van der Waals surface area contributed by atoms with E-state index in [4.69, 9.17) is 9.97 Å². The number of hydrogen-bond donors (Lipinski definition) is 2. The van der Waals surface area contributed by atoms with Crippen LogP contribution in [-0.4, -0.2) is 24.9 Å². The molecule has 0 spiro atoms. The first kappa shape index (κ1) is 20.2. The van der Waals surface area contributed by atoms with Gasteiger partial charge in [0.2, 0.25) is 5.56 Å². The Labute approximate surface area is 196 Å². The fourth-order valence-corrected chi connectivity index (χ4v) is 4.84. The van der Waals surface area contributed by atoms with Crippen LogP contribution in [0.4, 0.5) is 0 Å². The summed E-state index contributed by atoms with van der Waals surface area (Å²) in [4.78, 5) is 46.5. The third-order valence-corrected chi connectivity index (χ3v) is 6.60. The van der Waals surface area contributed by atoms with Crippen LogP contribution in [0.15, 0.2) is 82.5 Å². The Kier molecular flexibility index (Phi) is 4.67. The number of rotatable bonds is 3. The Morgan fingerprint density at radius 2 is 1.74 bits per heavy atom. The maximum absolute atomic E-state index is 12.8. The second-order valence-corrected chi connectivity index (χ2v) is 9.20. The monoisotopic (exact) mass is 463 g/mol. The maximum Gasteiger partial charge on any atom is 0.259 e. The number of H-pyrrole nitrogens is 2. The molecule has 34 heavy (non-hydrogen) atoms. The minimum atomic E-state index is -0.346. The standard InChI is InChI=1S/C26H17N5O2S/c1-14-7-10-21(34-14)24-23(16-8-9-18-15(12-16)4-3-11-27-18)29-20-13-17(26(33)31-25(20)30-24)19-5-2-6-22(32)28-19/h2-13H,1H3,(H,28,32)(H,30,31,33). The lowest BCUT2D eigenvalue weighted by Crippen LogP contribution is -2.13. The lowest BCUT2D eigenvalue weighted by Gasteiger charge is -2.11. The minimum Gasteiger partial charge on any atom is -0.322 e.